The molecule has 2 aliphatic heterocycles. The highest BCUT2D eigenvalue weighted by Crippen LogP contribution is 2.25. The fraction of sp³-hybridized carbons (Fsp3) is 0.474. The summed E-state index contributed by atoms with van der Waals surface area (Å²) in [6.07, 6.45) is 3.42. The second-order valence-electron chi connectivity index (χ2n) is 7.14. The molecule has 1 unspecified atom stereocenters. The van der Waals surface area contributed by atoms with E-state index >= 15 is 0 Å². The van der Waals surface area contributed by atoms with Crippen molar-refractivity contribution >= 4 is 11.9 Å². The lowest BCUT2D eigenvalue weighted by Crippen LogP contribution is -2.41. The van der Waals surface area contributed by atoms with Gasteiger partial charge in [-0.2, -0.15) is 5.10 Å². The van der Waals surface area contributed by atoms with Crippen molar-refractivity contribution < 1.29 is 19.4 Å². The zero-order chi connectivity index (χ0) is 19.8. The van der Waals surface area contributed by atoms with Crippen molar-refractivity contribution in [2.45, 2.75) is 32.4 Å². The Hall–Kier alpha value is -3.10. The van der Waals surface area contributed by atoms with E-state index in [0.717, 1.165) is 18.2 Å². The van der Waals surface area contributed by atoms with Crippen molar-refractivity contribution in [1.29, 1.82) is 0 Å². The molecule has 0 aromatic carbocycles. The number of aryl methyl sites for hydroxylation is 1. The molecule has 1 amide bonds. The first-order valence-corrected chi connectivity index (χ1v) is 9.33. The van der Waals surface area contributed by atoms with Gasteiger partial charge in [-0.3, -0.25) is 14.3 Å². The van der Waals surface area contributed by atoms with Gasteiger partial charge in [-0.05, 0) is 12.5 Å². The molecule has 1 atom stereocenters. The van der Waals surface area contributed by atoms with Gasteiger partial charge in [0.2, 0.25) is 5.91 Å². The van der Waals surface area contributed by atoms with E-state index in [1.807, 2.05) is 10.7 Å². The van der Waals surface area contributed by atoms with Gasteiger partial charge in [0.25, 0.3) is 5.56 Å². The number of esters is 1. The molecular weight excluding hydrogens is 364 g/mol. The molecule has 4 rings (SSSR count). The molecule has 9 heteroatoms. The predicted molar refractivity (Wildman–Crippen MR) is 98.0 cm³/mol. The molecule has 0 bridgehead atoms. The van der Waals surface area contributed by atoms with E-state index in [2.05, 4.69) is 5.10 Å². The number of aromatic nitrogens is 3. The molecule has 0 radical (unpaired) electrons. The van der Waals surface area contributed by atoms with Gasteiger partial charge in [0, 0.05) is 68.6 Å². The van der Waals surface area contributed by atoms with Crippen molar-refractivity contribution in [2.24, 2.45) is 5.92 Å². The number of pyridine rings is 1. The molecule has 148 valence electrons. The molecule has 9 nitrogen and oxygen atoms in total. The van der Waals surface area contributed by atoms with Crippen molar-refractivity contribution in [3.63, 3.8) is 0 Å². The lowest BCUT2D eigenvalue weighted by molar-refractivity contribution is -0.136. The van der Waals surface area contributed by atoms with Crippen LogP contribution in [0.1, 0.15) is 28.2 Å². The van der Waals surface area contributed by atoms with Gasteiger partial charge in [-0.15, -0.1) is 0 Å². The highest BCUT2D eigenvalue weighted by atomic mass is 16.5. The maximum atomic E-state index is 13.1. The van der Waals surface area contributed by atoms with Gasteiger partial charge in [0.1, 0.15) is 11.3 Å². The molecule has 2 aliphatic rings. The SMILES string of the molecule is COC(=O)c1c(O)cc(=O)n2c1CCN(C(=O)C1CCn3nccc3C1)CC2. The van der Waals surface area contributed by atoms with E-state index in [1.54, 1.807) is 11.1 Å². The molecule has 0 fully saturated rings. The fourth-order valence-electron chi connectivity index (χ4n) is 4.14. The highest BCUT2D eigenvalue weighted by molar-refractivity contribution is 5.93. The minimum Gasteiger partial charge on any atom is -0.507 e. The van der Waals surface area contributed by atoms with E-state index in [9.17, 15) is 19.5 Å². The Kier molecular flexibility index (Phi) is 4.66. The van der Waals surface area contributed by atoms with Crippen LogP contribution < -0.4 is 5.56 Å². The van der Waals surface area contributed by atoms with Crippen LogP contribution in [0.5, 0.6) is 5.75 Å². The fourth-order valence-corrected chi connectivity index (χ4v) is 4.14. The van der Waals surface area contributed by atoms with E-state index in [-0.39, 0.29) is 29.7 Å². The molecule has 0 saturated carbocycles. The summed E-state index contributed by atoms with van der Waals surface area (Å²) in [4.78, 5) is 39.3. The Morgan fingerprint density at radius 2 is 2.07 bits per heavy atom. The van der Waals surface area contributed by atoms with Crippen LogP contribution in [0.3, 0.4) is 0 Å². The van der Waals surface area contributed by atoms with Crippen molar-refractivity contribution in [3.8, 4) is 5.75 Å². The Labute approximate surface area is 161 Å². The predicted octanol–water partition coefficient (Wildman–Crippen LogP) is 0.184. The largest absolute Gasteiger partial charge is 0.507 e. The summed E-state index contributed by atoms with van der Waals surface area (Å²) in [5, 5.41) is 14.3. The van der Waals surface area contributed by atoms with E-state index in [1.165, 1.54) is 11.7 Å². The molecule has 4 heterocycles. The minimum absolute atomic E-state index is 0.00188. The van der Waals surface area contributed by atoms with Crippen LogP contribution >= 0.6 is 0 Å². The number of ether oxygens (including phenoxy) is 1. The van der Waals surface area contributed by atoms with Gasteiger partial charge in [0.15, 0.2) is 0 Å². The Balaban J connectivity index is 1.57. The van der Waals surface area contributed by atoms with Gasteiger partial charge in [0.05, 0.1) is 7.11 Å². The van der Waals surface area contributed by atoms with E-state index < -0.39 is 11.5 Å². The zero-order valence-corrected chi connectivity index (χ0v) is 15.6. The normalized spacial score (nSPS) is 18.8. The second kappa shape index (κ2) is 7.14. The van der Waals surface area contributed by atoms with Gasteiger partial charge in [-0.1, -0.05) is 0 Å². The first-order chi connectivity index (χ1) is 13.5. The van der Waals surface area contributed by atoms with Crippen LogP contribution in [-0.2, 0) is 35.5 Å². The van der Waals surface area contributed by atoms with Crippen molar-refractivity contribution in [3.05, 3.63) is 45.6 Å². The summed E-state index contributed by atoms with van der Waals surface area (Å²) in [5.74, 6) is -1.14. The first kappa shape index (κ1) is 18.3. The third-order valence-electron chi connectivity index (χ3n) is 5.61. The van der Waals surface area contributed by atoms with Crippen LogP contribution in [-0.4, -0.2) is 56.4 Å². The molecule has 28 heavy (non-hydrogen) atoms. The lowest BCUT2D eigenvalue weighted by Gasteiger charge is -2.28. The third kappa shape index (κ3) is 3.06. The Morgan fingerprint density at radius 1 is 1.25 bits per heavy atom. The number of aromatic hydroxyl groups is 1. The standard InChI is InChI=1S/C19H22N4O5/c1-28-19(27)17-14-4-6-21(8-9-22(14)16(25)11-15(17)24)18(26)12-3-7-23-13(10-12)2-5-20-23/h2,5,11-12,24H,3-4,6-10H2,1H3. The molecule has 0 saturated heterocycles. The van der Waals surface area contributed by atoms with Crippen LogP contribution in [0.25, 0.3) is 0 Å². The maximum absolute atomic E-state index is 13.1. The number of hydrogen-bond acceptors (Lipinski definition) is 6. The Morgan fingerprint density at radius 3 is 2.86 bits per heavy atom. The van der Waals surface area contributed by atoms with E-state index in [4.69, 9.17) is 4.74 Å². The molecule has 1 N–H and O–H groups in total. The number of fused-ring (bicyclic) bond motifs is 2. The number of carbonyl (C=O) groups excluding carboxylic acids is 2. The van der Waals surface area contributed by atoms with Gasteiger partial charge < -0.3 is 19.3 Å². The maximum Gasteiger partial charge on any atom is 0.343 e. The summed E-state index contributed by atoms with van der Waals surface area (Å²) < 4.78 is 8.13. The van der Waals surface area contributed by atoms with Gasteiger partial charge >= 0.3 is 5.97 Å². The number of hydrogen-bond donors (Lipinski definition) is 1. The molecule has 0 aliphatic carbocycles. The quantitative estimate of drug-likeness (QED) is 0.738. The van der Waals surface area contributed by atoms with Crippen molar-refractivity contribution in [2.75, 3.05) is 20.2 Å². The number of amides is 1. The van der Waals surface area contributed by atoms with E-state index in [0.29, 0.717) is 38.2 Å². The summed E-state index contributed by atoms with van der Waals surface area (Å²) in [7, 11) is 1.23. The summed E-state index contributed by atoms with van der Waals surface area (Å²) in [6.45, 7) is 1.75. The number of carbonyl (C=O) groups is 2. The average molecular weight is 386 g/mol. The first-order valence-electron chi connectivity index (χ1n) is 9.33. The summed E-state index contributed by atoms with van der Waals surface area (Å²) in [6, 6.07) is 2.96. The second-order valence-corrected chi connectivity index (χ2v) is 7.14. The molecule has 2 aromatic rings. The van der Waals surface area contributed by atoms with Crippen LogP contribution in [0.4, 0.5) is 0 Å². The highest BCUT2D eigenvalue weighted by Gasteiger charge is 2.31. The lowest BCUT2D eigenvalue weighted by atomic mass is 9.94. The Bertz CT molecular complexity index is 993. The summed E-state index contributed by atoms with van der Waals surface area (Å²) in [5.41, 5.74) is 1.07. The summed E-state index contributed by atoms with van der Waals surface area (Å²) >= 11 is 0. The third-order valence-corrected chi connectivity index (χ3v) is 5.61. The number of rotatable bonds is 2. The monoisotopic (exact) mass is 386 g/mol. The van der Waals surface area contributed by atoms with Crippen LogP contribution in [0.2, 0.25) is 0 Å². The van der Waals surface area contributed by atoms with Crippen LogP contribution in [0.15, 0.2) is 23.1 Å². The number of methoxy groups -OCH3 is 1. The molecular formula is C19H22N4O5. The van der Waals surface area contributed by atoms with Gasteiger partial charge in [-0.25, -0.2) is 4.79 Å². The van der Waals surface area contributed by atoms with Crippen molar-refractivity contribution in [1.82, 2.24) is 19.2 Å². The minimum atomic E-state index is -0.693. The topological polar surface area (TPSA) is 107 Å². The molecule has 0 spiro atoms. The smallest absolute Gasteiger partial charge is 0.343 e. The van der Waals surface area contributed by atoms with Crippen LogP contribution in [0, 0.1) is 5.92 Å². The average Bonchev–Trinajstić information content (AvgIpc) is 3.05. The zero-order valence-electron chi connectivity index (χ0n) is 15.6. The molecule has 2 aromatic heterocycles. The number of nitrogens with zero attached hydrogens (tertiary/aromatic N) is 4.